The van der Waals surface area contributed by atoms with Gasteiger partial charge in [-0.2, -0.15) is 0 Å². The Morgan fingerprint density at radius 2 is 1.81 bits per heavy atom. The largest absolute Gasteiger partial charge is 0.381 e. The van der Waals surface area contributed by atoms with Crippen LogP contribution in [0.1, 0.15) is 59.3 Å². The molecule has 0 aromatic carbocycles. The summed E-state index contributed by atoms with van der Waals surface area (Å²) in [4.78, 5) is 2.85. The Bertz CT molecular complexity index is 338. The minimum absolute atomic E-state index is 0.360. The Labute approximate surface area is 130 Å². The molecule has 1 unspecified atom stereocenters. The summed E-state index contributed by atoms with van der Waals surface area (Å²) in [5, 5.41) is 3.95. The molecule has 3 rings (SSSR count). The molecule has 1 saturated carbocycles. The first-order valence-electron chi connectivity index (χ1n) is 9.05. The summed E-state index contributed by atoms with van der Waals surface area (Å²) in [5.74, 6) is 0.847. The van der Waals surface area contributed by atoms with Gasteiger partial charge in [0.15, 0.2) is 0 Å². The fraction of sp³-hybridized carbons (Fsp3) is 1.00. The zero-order valence-electron chi connectivity index (χ0n) is 14.3. The lowest BCUT2D eigenvalue weighted by atomic mass is 9.80. The molecular formula is C18H34N2O. The summed E-state index contributed by atoms with van der Waals surface area (Å²) in [6.45, 7) is 12.9. The van der Waals surface area contributed by atoms with Gasteiger partial charge in [-0.25, -0.2) is 0 Å². The summed E-state index contributed by atoms with van der Waals surface area (Å²) in [5.41, 5.74) is 0.797. The maximum absolute atomic E-state index is 5.55. The normalized spacial score (nSPS) is 31.9. The van der Waals surface area contributed by atoms with Crippen molar-refractivity contribution in [2.45, 2.75) is 70.9 Å². The molecule has 2 aliphatic heterocycles. The smallest absolute Gasteiger partial charge is 0.0469 e. The predicted octanol–water partition coefficient (Wildman–Crippen LogP) is 3.05. The minimum Gasteiger partial charge on any atom is -0.381 e. The third kappa shape index (κ3) is 3.62. The fourth-order valence-electron chi connectivity index (χ4n) is 4.69. The molecule has 1 N–H and O–H groups in total. The fourth-order valence-corrected chi connectivity index (χ4v) is 4.69. The summed E-state index contributed by atoms with van der Waals surface area (Å²) in [7, 11) is 0. The lowest BCUT2D eigenvalue weighted by Gasteiger charge is -2.51. The van der Waals surface area contributed by atoms with E-state index in [2.05, 4.69) is 31.0 Å². The molecule has 2 saturated heterocycles. The average Bonchev–Trinajstić information content (AvgIpc) is 2.87. The van der Waals surface area contributed by atoms with Crippen LogP contribution in [0.3, 0.4) is 0 Å². The number of ether oxygens (including phenoxy) is 1. The number of hydrogen-bond acceptors (Lipinski definition) is 3. The molecule has 0 amide bonds. The van der Waals surface area contributed by atoms with Crippen LogP contribution >= 0.6 is 0 Å². The minimum atomic E-state index is 0.360. The van der Waals surface area contributed by atoms with Crippen molar-refractivity contribution in [3.8, 4) is 0 Å². The van der Waals surface area contributed by atoms with Crippen LogP contribution in [0, 0.1) is 11.3 Å². The van der Waals surface area contributed by atoms with Gasteiger partial charge in [-0.1, -0.05) is 33.6 Å². The molecule has 0 bridgehead atoms. The van der Waals surface area contributed by atoms with E-state index in [1.54, 1.807) is 0 Å². The van der Waals surface area contributed by atoms with Gasteiger partial charge in [-0.3, -0.25) is 4.90 Å². The molecular weight excluding hydrogens is 260 g/mol. The molecule has 0 aromatic rings. The molecule has 3 heteroatoms. The third-order valence-electron chi connectivity index (χ3n) is 6.01. The van der Waals surface area contributed by atoms with Crippen molar-refractivity contribution in [1.29, 1.82) is 0 Å². The summed E-state index contributed by atoms with van der Waals surface area (Å²) in [6, 6.07) is 0.673. The number of nitrogens with zero attached hydrogens (tertiary/aromatic N) is 1. The molecule has 1 aliphatic carbocycles. The number of piperazine rings is 1. The van der Waals surface area contributed by atoms with Crippen LogP contribution in [0.4, 0.5) is 0 Å². The average molecular weight is 294 g/mol. The SMILES string of the molecule is CC(C)(C)C1CNC2(CCCC2)CN1CC1CCOCC1. The van der Waals surface area contributed by atoms with E-state index in [-0.39, 0.29) is 0 Å². The van der Waals surface area contributed by atoms with E-state index in [0.29, 0.717) is 17.0 Å². The molecule has 0 aromatic heterocycles. The lowest BCUT2D eigenvalue weighted by Crippen LogP contribution is -2.66. The number of hydrogen-bond donors (Lipinski definition) is 1. The van der Waals surface area contributed by atoms with Crippen molar-refractivity contribution in [3.63, 3.8) is 0 Å². The lowest BCUT2D eigenvalue weighted by molar-refractivity contribution is -0.00761. The van der Waals surface area contributed by atoms with Crippen molar-refractivity contribution >= 4 is 0 Å². The molecule has 21 heavy (non-hydrogen) atoms. The zero-order valence-corrected chi connectivity index (χ0v) is 14.3. The number of rotatable bonds is 2. The maximum Gasteiger partial charge on any atom is 0.0469 e. The first-order chi connectivity index (χ1) is 9.99. The Morgan fingerprint density at radius 3 is 2.43 bits per heavy atom. The Morgan fingerprint density at radius 1 is 1.14 bits per heavy atom. The molecule has 0 radical (unpaired) electrons. The zero-order chi connectivity index (χ0) is 14.9. The quantitative estimate of drug-likeness (QED) is 0.847. The second-order valence-corrected chi connectivity index (χ2v) is 8.74. The van der Waals surface area contributed by atoms with Gasteiger partial charge in [0.2, 0.25) is 0 Å². The van der Waals surface area contributed by atoms with E-state index >= 15 is 0 Å². The van der Waals surface area contributed by atoms with Crippen LogP contribution in [0.15, 0.2) is 0 Å². The van der Waals surface area contributed by atoms with Crippen LogP contribution in [0.25, 0.3) is 0 Å². The van der Waals surface area contributed by atoms with Crippen molar-refractivity contribution in [1.82, 2.24) is 10.2 Å². The van der Waals surface area contributed by atoms with Crippen molar-refractivity contribution in [2.75, 3.05) is 32.8 Å². The molecule has 3 aliphatic rings. The highest BCUT2D eigenvalue weighted by Gasteiger charge is 2.44. The van der Waals surface area contributed by atoms with Gasteiger partial charge in [-0.05, 0) is 37.0 Å². The molecule has 3 nitrogen and oxygen atoms in total. The monoisotopic (exact) mass is 294 g/mol. The second-order valence-electron chi connectivity index (χ2n) is 8.74. The van der Waals surface area contributed by atoms with Crippen LogP contribution in [-0.4, -0.2) is 49.3 Å². The first kappa shape index (κ1) is 15.8. The van der Waals surface area contributed by atoms with Gasteiger partial charge in [0.05, 0.1) is 0 Å². The van der Waals surface area contributed by atoms with Crippen LogP contribution in [0.5, 0.6) is 0 Å². The molecule has 3 fully saturated rings. The Balaban J connectivity index is 1.69. The second kappa shape index (κ2) is 6.17. The van der Waals surface area contributed by atoms with Crippen molar-refractivity contribution in [3.05, 3.63) is 0 Å². The highest BCUT2D eigenvalue weighted by atomic mass is 16.5. The molecule has 1 atom stereocenters. The van der Waals surface area contributed by atoms with Crippen LogP contribution in [-0.2, 0) is 4.74 Å². The Kier molecular flexibility index (Phi) is 4.63. The third-order valence-corrected chi connectivity index (χ3v) is 6.01. The highest BCUT2D eigenvalue weighted by Crippen LogP contribution is 2.37. The van der Waals surface area contributed by atoms with Gasteiger partial charge in [0, 0.05) is 44.4 Å². The van der Waals surface area contributed by atoms with Gasteiger partial charge < -0.3 is 10.1 Å². The summed E-state index contributed by atoms with van der Waals surface area (Å²) in [6.07, 6.45) is 8.11. The summed E-state index contributed by atoms with van der Waals surface area (Å²) >= 11 is 0. The molecule has 122 valence electrons. The standard InChI is InChI=1S/C18H34N2O/c1-17(2,3)16-12-19-18(8-4-5-9-18)14-20(16)13-15-6-10-21-11-7-15/h15-16,19H,4-14H2,1-3H3. The predicted molar refractivity (Wildman–Crippen MR) is 87.6 cm³/mol. The maximum atomic E-state index is 5.55. The van der Waals surface area contributed by atoms with E-state index in [1.165, 1.54) is 58.2 Å². The van der Waals surface area contributed by atoms with Crippen molar-refractivity contribution < 1.29 is 4.74 Å². The van der Waals surface area contributed by atoms with E-state index in [9.17, 15) is 0 Å². The van der Waals surface area contributed by atoms with Gasteiger partial charge in [0.25, 0.3) is 0 Å². The summed E-state index contributed by atoms with van der Waals surface area (Å²) < 4.78 is 5.55. The van der Waals surface area contributed by atoms with Crippen LogP contribution < -0.4 is 5.32 Å². The van der Waals surface area contributed by atoms with Gasteiger partial charge in [-0.15, -0.1) is 0 Å². The van der Waals surface area contributed by atoms with Crippen LogP contribution in [0.2, 0.25) is 0 Å². The van der Waals surface area contributed by atoms with Crippen molar-refractivity contribution in [2.24, 2.45) is 11.3 Å². The molecule has 1 spiro atoms. The first-order valence-corrected chi connectivity index (χ1v) is 9.05. The van der Waals surface area contributed by atoms with Gasteiger partial charge in [0.1, 0.15) is 0 Å². The topological polar surface area (TPSA) is 24.5 Å². The van der Waals surface area contributed by atoms with E-state index in [4.69, 9.17) is 4.74 Å². The Hall–Kier alpha value is -0.120. The van der Waals surface area contributed by atoms with Gasteiger partial charge >= 0.3 is 0 Å². The van der Waals surface area contributed by atoms with E-state index < -0.39 is 0 Å². The molecule has 2 heterocycles. The highest BCUT2D eigenvalue weighted by molar-refractivity contribution is 5.03. The van der Waals surface area contributed by atoms with E-state index in [0.717, 1.165) is 19.1 Å². The van der Waals surface area contributed by atoms with E-state index in [1.807, 2.05) is 0 Å². The number of nitrogens with one attached hydrogen (secondary N) is 1.